The van der Waals surface area contributed by atoms with Gasteiger partial charge in [0.25, 0.3) is 0 Å². The van der Waals surface area contributed by atoms with Crippen LogP contribution in [0, 0.1) is 5.92 Å². The van der Waals surface area contributed by atoms with Crippen molar-refractivity contribution in [2.45, 2.75) is 51.0 Å². The van der Waals surface area contributed by atoms with E-state index in [2.05, 4.69) is 16.9 Å². The molecule has 0 bridgehead atoms. The number of rotatable bonds is 2. The summed E-state index contributed by atoms with van der Waals surface area (Å²) in [6.07, 6.45) is 3.41. The molecule has 1 aliphatic rings. The van der Waals surface area contributed by atoms with Gasteiger partial charge in [-0.25, -0.2) is 13.1 Å². The molecule has 0 aliphatic carbocycles. The molecule has 6 nitrogen and oxygen atoms in total. The third-order valence-corrected chi connectivity index (χ3v) is 4.95. The molecule has 1 aromatic rings. The van der Waals surface area contributed by atoms with Crippen LogP contribution in [-0.4, -0.2) is 37.5 Å². The van der Waals surface area contributed by atoms with E-state index in [-0.39, 0.29) is 16.3 Å². The van der Waals surface area contributed by atoms with Crippen molar-refractivity contribution in [1.82, 2.24) is 9.78 Å². The van der Waals surface area contributed by atoms with E-state index in [1.54, 1.807) is 4.68 Å². The third-order valence-electron chi connectivity index (χ3n) is 3.82. The number of sulfone groups is 1. The van der Waals surface area contributed by atoms with Crippen LogP contribution in [0.5, 0.6) is 0 Å². The van der Waals surface area contributed by atoms with E-state index in [1.165, 1.54) is 12.7 Å². The number of aromatic nitrogens is 2. The summed E-state index contributed by atoms with van der Waals surface area (Å²) in [6, 6.07) is 0. The highest BCUT2D eigenvalue weighted by Gasteiger charge is 2.32. The predicted octanol–water partition coefficient (Wildman–Crippen LogP) is 1.86. The van der Waals surface area contributed by atoms with Crippen LogP contribution in [0.1, 0.15) is 40.5 Å². The van der Waals surface area contributed by atoms with E-state index in [0.717, 1.165) is 19.5 Å². The maximum Gasteiger partial charge on any atom is 0.182 e. The van der Waals surface area contributed by atoms with Crippen molar-refractivity contribution in [2.24, 2.45) is 5.92 Å². The van der Waals surface area contributed by atoms with E-state index >= 15 is 0 Å². The molecule has 1 aromatic heterocycles. The van der Waals surface area contributed by atoms with Gasteiger partial charge in [0.15, 0.2) is 20.6 Å². The van der Waals surface area contributed by atoms with Crippen molar-refractivity contribution in [3.05, 3.63) is 0 Å². The molecule has 7 heteroatoms. The Labute approximate surface area is 127 Å². The Hall–Kier alpha value is -1.24. The Morgan fingerprint density at radius 3 is 2.43 bits per heavy atom. The highest BCUT2D eigenvalue weighted by Crippen LogP contribution is 2.35. The van der Waals surface area contributed by atoms with Crippen molar-refractivity contribution >= 4 is 21.5 Å². The standard InChI is InChI=1S/C14H26N4O2S/c1-10-7-6-8-17(9-10)13-11(21(5,19)20)12(15)18(16-13)14(2,3)4/h10H,6-9,15H2,1-5H3. The van der Waals surface area contributed by atoms with Gasteiger partial charge in [0, 0.05) is 19.3 Å². The molecule has 1 aliphatic heterocycles. The summed E-state index contributed by atoms with van der Waals surface area (Å²) in [6.45, 7) is 9.72. The van der Waals surface area contributed by atoms with E-state index in [1.807, 2.05) is 20.8 Å². The van der Waals surface area contributed by atoms with Crippen LogP contribution in [0.25, 0.3) is 0 Å². The number of hydrogen-bond acceptors (Lipinski definition) is 5. The van der Waals surface area contributed by atoms with Crippen molar-refractivity contribution in [3.8, 4) is 0 Å². The minimum atomic E-state index is -3.42. The van der Waals surface area contributed by atoms with Gasteiger partial charge in [0.1, 0.15) is 5.82 Å². The highest BCUT2D eigenvalue weighted by molar-refractivity contribution is 7.91. The molecular weight excluding hydrogens is 288 g/mol. The lowest BCUT2D eigenvalue weighted by atomic mass is 10.0. The van der Waals surface area contributed by atoms with Crippen LogP contribution >= 0.6 is 0 Å². The number of anilines is 2. The summed E-state index contributed by atoms with van der Waals surface area (Å²) in [5, 5.41) is 4.54. The molecule has 0 aromatic carbocycles. The fourth-order valence-electron chi connectivity index (χ4n) is 2.86. The second kappa shape index (κ2) is 5.19. The molecule has 0 saturated carbocycles. The predicted molar refractivity (Wildman–Crippen MR) is 85.4 cm³/mol. The van der Waals surface area contributed by atoms with Gasteiger partial charge < -0.3 is 10.6 Å². The molecule has 2 heterocycles. The van der Waals surface area contributed by atoms with Crippen molar-refractivity contribution in [3.63, 3.8) is 0 Å². The quantitative estimate of drug-likeness (QED) is 0.901. The summed E-state index contributed by atoms with van der Waals surface area (Å²) < 4.78 is 26.0. The SMILES string of the molecule is CC1CCCN(c2nn(C(C)(C)C)c(N)c2S(C)(=O)=O)C1. The molecule has 0 radical (unpaired) electrons. The fraction of sp³-hybridized carbons (Fsp3) is 0.786. The van der Waals surface area contributed by atoms with Crippen LogP contribution in [0.15, 0.2) is 4.90 Å². The third kappa shape index (κ3) is 3.17. The zero-order valence-corrected chi connectivity index (χ0v) is 14.4. The molecule has 2 rings (SSSR count). The second-order valence-electron chi connectivity index (χ2n) is 7.09. The van der Waals surface area contributed by atoms with E-state index in [4.69, 9.17) is 5.73 Å². The van der Waals surface area contributed by atoms with Crippen molar-refractivity contribution < 1.29 is 8.42 Å². The summed E-state index contributed by atoms with van der Waals surface area (Å²) in [7, 11) is -3.42. The van der Waals surface area contributed by atoms with Gasteiger partial charge >= 0.3 is 0 Å². The van der Waals surface area contributed by atoms with Gasteiger partial charge in [0.05, 0.1) is 5.54 Å². The van der Waals surface area contributed by atoms with Crippen molar-refractivity contribution in [2.75, 3.05) is 30.0 Å². The molecule has 21 heavy (non-hydrogen) atoms. The summed E-state index contributed by atoms with van der Waals surface area (Å²) in [5.41, 5.74) is 5.75. The fourth-order valence-corrected chi connectivity index (χ4v) is 3.83. The first kappa shape index (κ1) is 16.1. The van der Waals surface area contributed by atoms with Crippen molar-refractivity contribution in [1.29, 1.82) is 0 Å². The van der Waals surface area contributed by atoms with Gasteiger partial charge in [-0.1, -0.05) is 6.92 Å². The number of nitrogens with zero attached hydrogens (tertiary/aromatic N) is 3. The monoisotopic (exact) mass is 314 g/mol. The Kier molecular flexibility index (Phi) is 3.99. The first-order chi connectivity index (χ1) is 9.51. The van der Waals surface area contributed by atoms with Gasteiger partial charge in [-0.15, -0.1) is 0 Å². The van der Waals surface area contributed by atoms with Crippen LogP contribution in [0.4, 0.5) is 11.6 Å². The van der Waals surface area contributed by atoms with Gasteiger partial charge in [0.2, 0.25) is 0 Å². The molecule has 2 N–H and O–H groups in total. The lowest BCUT2D eigenvalue weighted by Crippen LogP contribution is -2.35. The van der Waals surface area contributed by atoms with E-state index < -0.39 is 9.84 Å². The number of nitrogens with two attached hydrogens (primary N) is 1. The Morgan fingerprint density at radius 2 is 1.95 bits per heavy atom. The molecule has 1 atom stereocenters. The Bertz CT molecular complexity index is 628. The lowest BCUT2D eigenvalue weighted by Gasteiger charge is -2.31. The van der Waals surface area contributed by atoms with Crippen LogP contribution in [0.3, 0.4) is 0 Å². The molecule has 1 unspecified atom stereocenters. The van der Waals surface area contributed by atoms with E-state index in [0.29, 0.717) is 11.7 Å². The molecule has 0 spiro atoms. The number of piperidine rings is 1. The zero-order chi connectivity index (χ0) is 16.0. The Morgan fingerprint density at radius 1 is 1.33 bits per heavy atom. The first-order valence-electron chi connectivity index (χ1n) is 7.36. The molecule has 120 valence electrons. The van der Waals surface area contributed by atoms with Crippen LogP contribution in [-0.2, 0) is 15.4 Å². The lowest BCUT2D eigenvalue weighted by molar-refractivity contribution is 0.359. The summed E-state index contributed by atoms with van der Waals surface area (Å²) in [4.78, 5) is 2.23. The van der Waals surface area contributed by atoms with Gasteiger partial charge in [-0.3, -0.25) is 0 Å². The maximum atomic E-state index is 12.2. The van der Waals surface area contributed by atoms with Crippen LogP contribution in [0.2, 0.25) is 0 Å². The zero-order valence-electron chi connectivity index (χ0n) is 13.5. The van der Waals surface area contributed by atoms with Gasteiger partial charge in [-0.2, -0.15) is 5.10 Å². The molecule has 1 fully saturated rings. The smallest absolute Gasteiger partial charge is 0.182 e. The van der Waals surface area contributed by atoms with Crippen LogP contribution < -0.4 is 10.6 Å². The topological polar surface area (TPSA) is 81.2 Å². The normalized spacial score (nSPS) is 20.8. The largest absolute Gasteiger partial charge is 0.383 e. The van der Waals surface area contributed by atoms with E-state index in [9.17, 15) is 8.42 Å². The number of hydrogen-bond donors (Lipinski definition) is 1. The van der Waals surface area contributed by atoms with Gasteiger partial charge in [-0.05, 0) is 39.5 Å². The molecular formula is C14H26N4O2S. The molecule has 1 saturated heterocycles. The minimum Gasteiger partial charge on any atom is -0.383 e. The summed E-state index contributed by atoms with van der Waals surface area (Å²) >= 11 is 0. The average molecular weight is 314 g/mol. The summed E-state index contributed by atoms with van der Waals surface area (Å²) in [5.74, 6) is 1.28. The first-order valence-corrected chi connectivity index (χ1v) is 9.25. The minimum absolute atomic E-state index is 0.173. The second-order valence-corrected chi connectivity index (χ2v) is 9.04. The average Bonchev–Trinajstić information content (AvgIpc) is 2.66. The highest BCUT2D eigenvalue weighted by atomic mass is 32.2. The maximum absolute atomic E-state index is 12.2. The number of nitrogen functional groups attached to an aromatic ring is 1. The molecule has 0 amide bonds. The Balaban J connectivity index is 2.59.